The Labute approximate surface area is 151 Å². The molecule has 0 saturated carbocycles. The third kappa shape index (κ3) is 3.17. The maximum atomic E-state index is 12.3. The number of rotatable bonds is 4. The van der Waals surface area contributed by atoms with Gasteiger partial charge in [-0.15, -0.1) is 0 Å². The summed E-state index contributed by atoms with van der Waals surface area (Å²) in [5.41, 5.74) is -0.151. The lowest BCUT2D eigenvalue weighted by Gasteiger charge is -2.06. The molecule has 0 radical (unpaired) electrons. The fourth-order valence-electron chi connectivity index (χ4n) is 2.73. The van der Waals surface area contributed by atoms with Gasteiger partial charge < -0.3 is 19.2 Å². The molecule has 0 atom stereocenters. The third-order valence-electron chi connectivity index (χ3n) is 4.07. The number of nitrogens with zero attached hydrogens (tertiary/aromatic N) is 1. The number of amides is 1. The lowest BCUT2D eigenvalue weighted by molar-refractivity contribution is -0.384. The van der Waals surface area contributed by atoms with Crippen molar-refractivity contribution in [1.29, 1.82) is 0 Å². The van der Waals surface area contributed by atoms with Crippen LogP contribution in [0.15, 0.2) is 51.7 Å². The van der Waals surface area contributed by atoms with E-state index in [9.17, 15) is 19.7 Å². The highest BCUT2D eigenvalue weighted by Crippen LogP contribution is 2.32. The zero-order chi connectivity index (χ0) is 19.0. The number of ether oxygens (including phenoxy) is 2. The quantitative estimate of drug-likeness (QED) is 0.554. The van der Waals surface area contributed by atoms with Crippen LogP contribution in [0.2, 0.25) is 0 Å². The van der Waals surface area contributed by atoms with Crippen LogP contribution in [0.1, 0.15) is 16.1 Å². The smallest absolute Gasteiger partial charge is 0.344 e. The second kappa shape index (κ2) is 6.45. The SMILES string of the molecule is O=C(NCc1ccc2c(c1)OCO2)c1cc2cc([N+](=O)[O-])ccc2c(=O)o1. The Hall–Kier alpha value is -3.88. The predicted molar refractivity (Wildman–Crippen MR) is 92.9 cm³/mol. The van der Waals surface area contributed by atoms with Crippen molar-refractivity contribution in [3.05, 3.63) is 74.3 Å². The first-order valence-electron chi connectivity index (χ1n) is 7.90. The van der Waals surface area contributed by atoms with Crippen LogP contribution < -0.4 is 20.4 Å². The average Bonchev–Trinajstić information content (AvgIpc) is 3.13. The molecule has 0 unspecified atom stereocenters. The van der Waals surface area contributed by atoms with Crippen LogP contribution in [0, 0.1) is 10.1 Å². The molecule has 2 aromatic carbocycles. The van der Waals surface area contributed by atoms with Gasteiger partial charge in [-0.1, -0.05) is 6.07 Å². The van der Waals surface area contributed by atoms with Crippen molar-refractivity contribution in [2.24, 2.45) is 0 Å². The summed E-state index contributed by atoms with van der Waals surface area (Å²) in [5, 5.41) is 13.9. The Morgan fingerprint density at radius 1 is 1.11 bits per heavy atom. The molecule has 27 heavy (non-hydrogen) atoms. The standard InChI is InChI=1S/C18H12N2O7/c21-17(19-8-10-1-4-14-15(5-10)26-9-25-14)16-7-11-6-12(20(23)24)2-3-13(11)18(22)27-16/h1-7H,8-9H2,(H,19,21). The van der Waals surface area contributed by atoms with Gasteiger partial charge in [0.2, 0.25) is 6.79 Å². The molecule has 1 N–H and O–H groups in total. The minimum Gasteiger partial charge on any atom is -0.454 e. The second-order valence-electron chi connectivity index (χ2n) is 5.80. The zero-order valence-electron chi connectivity index (χ0n) is 13.8. The van der Waals surface area contributed by atoms with E-state index in [1.807, 2.05) is 0 Å². The highest BCUT2D eigenvalue weighted by Gasteiger charge is 2.16. The molecule has 1 aliphatic rings. The first-order chi connectivity index (χ1) is 13.0. The van der Waals surface area contributed by atoms with Gasteiger partial charge in [0.05, 0.1) is 10.3 Å². The molecule has 1 aliphatic heterocycles. The summed E-state index contributed by atoms with van der Waals surface area (Å²) in [7, 11) is 0. The first kappa shape index (κ1) is 16.6. The third-order valence-corrected chi connectivity index (χ3v) is 4.07. The lowest BCUT2D eigenvalue weighted by atomic mass is 10.1. The lowest BCUT2D eigenvalue weighted by Crippen LogP contribution is -2.24. The van der Waals surface area contributed by atoms with E-state index in [1.165, 1.54) is 24.3 Å². The highest BCUT2D eigenvalue weighted by atomic mass is 16.7. The van der Waals surface area contributed by atoms with Gasteiger partial charge in [0.15, 0.2) is 17.3 Å². The van der Waals surface area contributed by atoms with Gasteiger partial charge in [-0.2, -0.15) is 0 Å². The van der Waals surface area contributed by atoms with E-state index in [-0.39, 0.29) is 35.6 Å². The molecule has 9 heteroatoms. The van der Waals surface area contributed by atoms with Crippen LogP contribution in [0.5, 0.6) is 11.5 Å². The fourth-order valence-corrected chi connectivity index (χ4v) is 2.73. The predicted octanol–water partition coefficient (Wildman–Crippen LogP) is 2.36. The molecule has 136 valence electrons. The molecule has 1 aromatic heterocycles. The number of fused-ring (bicyclic) bond motifs is 2. The van der Waals surface area contributed by atoms with Crippen LogP contribution >= 0.6 is 0 Å². The second-order valence-corrected chi connectivity index (χ2v) is 5.80. The van der Waals surface area contributed by atoms with E-state index in [2.05, 4.69) is 5.32 Å². The van der Waals surface area contributed by atoms with E-state index in [0.717, 1.165) is 5.56 Å². The topological polar surface area (TPSA) is 121 Å². The van der Waals surface area contributed by atoms with Gasteiger partial charge in [0, 0.05) is 18.7 Å². The maximum Gasteiger partial charge on any atom is 0.344 e. The van der Waals surface area contributed by atoms with Crippen molar-refractivity contribution in [3.63, 3.8) is 0 Å². The first-order valence-corrected chi connectivity index (χ1v) is 7.90. The van der Waals surface area contributed by atoms with Crippen LogP contribution in [-0.2, 0) is 6.54 Å². The van der Waals surface area contributed by atoms with Gasteiger partial charge in [0.1, 0.15) is 0 Å². The van der Waals surface area contributed by atoms with Crippen molar-refractivity contribution in [2.75, 3.05) is 6.79 Å². The van der Waals surface area contributed by atoms with E-state index < -0.39 is 16.5 Å². The molecule has 2 heterocycles. The number of carbonyl (C=O) groups excluding carboxylic acids is 1. The summed E-state index contributed by atoms with van der Waals surface area (Å²) in [4.78, 5) is 34.7. The van der Waals surface area contributed by atoms with Gasteiger partial charge in [-0.05, 0) is 35.2 Å². The van der Waals surface area contributed by atoms with Crippen LogP contribution in [-0.4, -0.2) is 17.6 Å². The molecule has 0 spiro atoms. The minimum absolute atomic E-state index is 0.152. The molecule has 0 fully saturated rings. The number of non-ortho nitro benzene ring substituents is 1. The van der Waals surface area contributed by atoms with Crippen molar-refractivity contribution in [1.82, 2.24) is 5.32 Å². The number of nitrogens with one attached hydrogen (secondary N) is 1. The summed E-state index contributed by atoms with van der Waals surface area (Å²) in [6, 6.07) is 10.3. The highest BCUT2D eigenvalue weighted by molar-refractivity contribution is 5.95. The van der Waals surface area contributed by atoms with Gasteiger partial charge in [-0.25, -0.2) is 4.79 Å². The number of hydrogen-bond donors (Lipinski definition) is 1. The Balaban J connectivity index is 1.57. The Morgan fingerprint density at radius 2 is 1.93 bits per heavy atom. The zero-order valence-corrected chi connectivity index (χ0v) is 13.8. The van der Waals surface area contributed by atoms with E-state index in [1.54, 1.807) is 18.2 Å². The molecule has 0 saturated heterocycles. The summed E-state index contributed by atoms with van der Waals surface area (Å²) in [6.45, 7) is 0.325. The normalized spacial score (nSPS) is 12.1. The number of nitro groups is 1. The molecule has 0 bridgehead atoms. The van der Waals surface area contributed by atoms with E-state index >= 15 is 0 Å². The molecule has 4 rings (SSSR count). The van der Waals surface area contributed by atoms with Crippen LogP contribution in [0.25, 0.3) is 10.8 Å². The Morgan fingerprint density at radius 3 is 2.74 bits per heavy atom. The largest absolute Gasteiger partial charge is 0.454 e. The summed E-state index contributed by atoms with van der Waals surface area (Å²) in [6.07, 6.45) is 0. The summed E-state index contributed by atoms with van der Waals surface area (Å²) >= 11 is 0. The van der Waals surface area contributed by atoms with Crippen LogP contribution in [0.4, 0.5) is 5.69 Å². The molecular formula is C18H12N2O7. The van der Waals surface area contributed by atoms with Gasteiger partial charge >= 0.3 is 5.63 Å². The van der Waals surface area contributed by atoms with Crippen molar-refractivity contribution >= 4 is 22.4 Å². The van der Waals surface area contributed by atoms with E-state index in [0.29, 0.717) is 11.5 Å². The molecule has 0 aliphatic carbocycles. The monoisotopic (exact) mass is 368 g/mol. The van der Waals surface area contributed by atoms with Crippen LogP contribution in [0.3, 0.4) is 0 Å². The molecule has 3 aromatic rings. The number of benzene rings is 2. The Kier molecular flexibility index (Phi) is 3.96. The van der Waals surface area contributed by atoms with Gasteiger partial charge in [0.25, 0.3) is 11.6 Å². The molecular weight excluding hydrogens is 356 g/mol. The van der Waals surface area contributed by atoms with Gasteiger partial charge in [-0.3, -0.25) is 14.9 Å². The maximum absolute atomic E-state index is 12.3. The van der Waals surface area contributed by atoms with Crippen molar-refractivity contribution in [3.8, 4) is 11.5 Å². The van der Waals surface area contributed by atoms with Crippen molar-refractivity contribution in [2.45, 2.75) is 6.54 Å². The Bertz CT molecular complexity index is 1140. The molecule has 1 amide bonds. The van der Waals surface area contributed by atoms with Crippen molar-refractivity contribution < 1.29 is 23.6 Å². The molecule has 9 nitrogen and oxygen atoms in total. The van der Waals surface area contributed by atoms with E-state index in [4.69, 9.17) is 13.9 Å². The number of nitro benzene ring substituents is 1. The fraction of sp³-hybridized carbons (Fsp3) is 0.111. The summed E-state index contributed by atoms with van der Waals surface area (Å²) in [5.74, 6) is 0.380. The number of carbonyl (C=O) groups is 1. The minimum atomic E-state index is -0.740. The average molecular weight is 368 g/mol. The number of hydrogen-bond acceptors (Lipinski definition) is 7. The summed E-state index contributed by atoms with van der Waals surface area (Å²) < 4.78 is 15.5.